The summed E-state index contributed by atoms with van der Waals surface area (Å²) in [5.41, 5.74) is 1.00. The first-order valence-electron chi connectivity index (χ1n) is 10.7. The Balaban J connectivity index is 1.29. The summed E-state index contributed by atoms with van der Waals surface area (Å²) in [6.07, 6.45) is 8.12. The molecule has 3 aliphatic rings. The highest BCUT2D eigenvalue weighted by Gasteiger charge is 2.40. The molecule has 0 aromatic heterocycles. The van der Waals surface area contributed by atoms with E-state index >= 15 is 0 Å². The van der Waals surface area contributed by atoms with Gasteiger partial charge < -0.3 is 25.0 Å². The van der Waals surface area contributed by atoms with Crippen LogP contribution in [0.2, 0.25) is 0 Å². The molecule has 1 aromatic rings. The SMILES string of the molecule is COc1cc(NC2CCN(C(=O)C3CC4CCCCC4N3)CC2)cc(OC)c1. The van der Waals surface area contributed by atoms with Crippen LogP contribution in [0.3, 0.4) is 0 Å². The normalized spacial score (nSPS) is 27.9. The Hall–Kier alpha value is -1.95. The largest absolute Gasteiger partial charge is 0.497 e. The average Bonchev–Trinajstić information content (AvgIpc) is 3.17. The van der Waals surface area contributed by atoms with Gasteiger partial charge >= 0.3 is 0 Å². The molecule has 0 radical (unpaired) electrons. The van der Waals surface area contributed by atoms with Crippen LogP contribution in [0.1, 0.15) is 44.9 Å². The van der Waals surface area contributed by atoms with Crippen molar-refractivity contribution in [2.75, 3.05) is 32.6 Å². The molecule has 1 aromatic carbocycles. The Bertz CT molecular complexity index is 651. The Morgan fingerprint density at radius 1 is 1.04 bits per heavy atom. The summed E-state index contributed by atoms with van der Waals surface area (Å²) in [6, 6.07) is 6.83. The molecule has 6 nitrogen and oxygen atoms in total. The molecule has 1 aliphatic carbocycles. The van der Waals surface area contributed by atoms with Gasteiger partial charge in [-0.3, -0.25) is 4.79 Å². The molecule has 28 heavy (non-hydrogen) atoms. The number of nitrogens with one attached hydrogen (secondary N) is 2. The van der Waals surface area contributed by atoms with E-state index < -0.39 is 0 Å². The number of hydrogen-bond acceptors (Lipinski definition) is 5. The number of methoxy groups -OCH3 is 2. The van der Waals surface area contributed by atoms with E-state index in [2.05, 4.69) is 15.5 Å². The highest BCUT2D eigenvalue weighted by atomic mass is 16.5. The predicted octanol–water partition coefficient (Wildman–Crippen LogP) is 3.03. The number of benzene rings is 1. The van der Waals surface area contributed by atoms with Crippen molar-refractivity contribution < 1.29 is 14.3 Å². The Labute approximate surface area is 168 Å². The zero-order chi connectivity index (χ0) is 19.5. The topological polar surface area (TPSA) is 62.8 Å². The maximum absolute atomic E-state index is 13.0. The number of piperidine rings is 1. The quantitative estimate of drug-likeness (QED) is 0.813. The second-order valence-electron chi connectivity index (χ2n) is 8.45. The molecule has 1 saturated carbocycles. The molecular weight excluding hydrogens is 354 g/mol. The molecular formula is C22H33N3O3. The number of amides is 1. The van der Waals surface area contributed by atoms with Gasteiger partial charge in [-0.2, -0.15) is 0 Å². The van der Waals surface area contributed by atoms with Crippen molar-refractivity contribution in [3.8, 4) is 11.5 Å². The zero-order valence-corrected chi connectivity index (χ0v) is 17.1. The summed E-state index contributed by atoms with van der Waals surface area (Å²) < 4.78 is 10.7. The first-order valence-corrected chi connectivity index (χ1v) is 10.7. The van der Waals surface area contributed by atoms with Gasteiger partial charge in [-0.25, -0.2) is 0 Å². The van der Waals surface area contributed by atoms with E-state index in [9.17, 15) is 4.79 Å². The zero-order valence-electron chi connectivity index (χ0n) is 17.1. The molecule has 3 unspecified atom stereocenters. The number of nitrogens with zero attached hydrogens (tertiary/aromatic N) is 1. The van der Waals surface area contributed by atoms with Crippen LogP contribution in [-0.4, -0.2) is 56.2 Å². The number of rotatable bonds is 5. The van der Waals surface area contributed by atoms with Gasteiger partial charge in [0.15, 0.2) is 0 Å². The lowest BCUT2D eigenvalue weighted by atomic mass is 9.85. The van der Waals surface area contributed by atoms with Gasteiger partial charge in [-0.05, 0) is 38.0 Å². The van der Waals surface area contributed by atoms with Gasteiger partial charge in [0.05, 0.1) is 20.3 Å². The fourth-order valence-corrected chi connectivity index (χ4v) is 5.10. The van der Waals surface area contributed by atoms with Crippen molar-refractivity contribution >= 4 is 11.6 Å². The molecule has 0 bridgehead atoms. The van der Waals surface area contributed by atoms with Crippen LogP contribution in [0.5, 0.6) is 11.5 Å². The van der Waals surface area contributed by atoms with Crippen LogP contribution < -0.4 is 20.1 Å². The van der Waals surface area contributed by atoms with Gasteiger partial charge in [0.2, 0.25) is 5.91 Å². The lowest BCUT2D eigenvalue weighted by molar-refractivity contribution is -0.134. The van der Waals surface area contributed by atoms with E-state index in [1.807, 2.05) is 18.2 Å². The molecule has 1 amide bonds. The third kappa shape index (κ3) is 4.22. The van der Waals surface area contributed by atoms with Crippen LogP contribution in [0.25, 0.3) is 0 Å². The summed E-state index contributed by atoms with van der Waals surface area (Å²) in [7, 11) is 3.33. The molecule has 2 aliphatic heterocycles. The van der Waals surface area contributed by atoms with Crippen LogP contribution in [0.15, 0.2) is 18.2 Å². The van der Waals surface area contributed by atoms with E-state index in [1.54, 1.807) is 14.2 Å². The van der Waals surface area contributed by atoms with E-state index in [-0.39, 0.29) is 6.04 Å². The standard InChI is InChI=1S/C22H33N3O3/c1-27-18-12-17(13-19(14-18)28-2)23-16-7-9-25(10-8-16)22(26)21-11-15-5-3-4-6-20(15)24-21/h12-16,20-21,23-24H,3-11H2,1-2H3. The fraction of sp³-hybridized carbons (Fsp3) is 0.682. The Morgan fingerprint density at radius 3 is 2.36 bits per heavy atom. The second-order valence-corrected chi connectivity index (χ2v) is 8.45. The fourth-order valence-electron chi connectivity index (χ4n) is 5.10. The summed E-state index contributed by atoms with van der Waals surface area (Å²) >= 11 is 0. The molecule has 2 saturated heterocycles. The van der Waals surface area contributed by atoms with E-state index in [4.69, 9.17) is 9.47 Å². The smallest absolute Gasteiger partial charge is 0.239 e. The molecule has 6 heteroatoms. The maximum Gasteiger partial charge on any atom is 0.239 e. The maximum atomic E-state index is 13.0. The third-order valence-electron chi connectivity index (χ3n) is 6.69. The Morgan fingerprint density at radius 2 is 1.71 bits per heavy atom. The minimum atomic E-state index is 0.0419. The summed E-state index contributed by atoms with van der Waals surface area (Å²) in [4.78, 5) is 15.1. The van der Waals surface area contributed by atoms with Crippen LogP contribution in [0.4, 0.5) is 5.69 Å². The Kier molecular flexibility index (Phi) is 5.95. The number of fused-ring (bicyclic) bond motifs is 1. The number of hydrogen-bond donors (Lipinski definition) is 2. The number of likely N-dealkylation sites (tertiary alicyclic amines) is 1. The number of anilines is 1. The molecule has 3 atom stereocenters. The van der Waals surface area contributed by atoms with Gasteiger partial charge in [-0.15, -0.1) is 0 Å². The minimum absolute atomic E-state index is 0.0419. The van der Waals surface area contributed by atoms with Crippen LogP contribution in [0, 0.1) is 5.92 Å². The molecule has 0 spiro atoms. The number of carbonyl (C=O) groups excluding carboxylic acids is 1. The van der Waals surface area contributed by atoms with Crippen LogP contribution >= 0.6 is 0 Å². The van der Waals surface area contributed by atoms with Crippen molar-refractivity contribution in [2.24, 2.45) is 5.92 Å². The van der Waals surface area contributed by atoms with Crippen molar-refractivity contribution in [3.05, 3.63) is 18.2 Å². The van der Waals surface area contributed by atoms with Gasteiger partial charge in [-0.1, -0.05) is 12.8 Å². The molecule has 2 heterocycles. The van der Waals surface area contributed by atoms with E-state index in [1.165, 1.54) is 25.7 Å². The summed E-state index contributed by atoms with van der Waals surface area (Å²) in [6.45, 7) is 1.65. The van der Waals surface area contributed by atoms with Crippen LogP contribution in [-0.2, 0) is 4.79 Å². The highest BCUT2D eigenvalue weighted by molar-refractivity contribution is 5.82. The van der Waals surface area contributed by atoms with E-state index in [0.717, 1.165) is 49.5 Å². The van der Waals surface area contributed by atoms with Gasteiger partial charge in [0.1, 0.15) is 11.5 Å². The van der Waals surface area contributed by atoms with E-state index in [0.29, 0.717) is 23.9 Å². The average molecular weight is 388 g/mol. The van der Waals surface area contributed by atoms with Gasteiger partial charge in [0.25, 0.3) is 0 Å². The number of ether oxygens (including phenoxy) is 2. The first kappa shape index (κ1) is 19.4. The lowest BCUT2D eigenvalue weighted by Gasteiger charge is -2.34. The second kappa shape index (κ2) is 8.60. The van der Waals surface area contributed by atoms with Crippen molar-refractivity contribution in [1.82, 2.24) is 10.2 Å². The molecule has 154 valence electrons. The predicted molar refractivity (Wildman–Crippen MR) is 110 cm³/mol. The lowest BCUT2D eigenvalue weighted by Crippen LogP contribution is -2.49. The van der Waals surface area contributed by atoms with Crippen molar-refractivity contribution in [1.29, 1.82) is 0 Å². The minimum Gasteiger partial charge on any atom is -0.497 e. The highest BCUT2D eigenvalue weighted by Crippen LogP contribution is 2.34. The summed E-state index contributed by atoms with van der Waals surface area (Å²) in [5, 5.41) is 7.22. The first-order chi connectivity index (χ1) is 13.7. The molecule has 2 N–H and O–H groups in total. The third-order valence-corrected chi connectivity index (χ3v) is 6.69. The monoisotopic (exact) mass is 387 g/mol. The number of carbonyl (C=O) groups is 1. The van der Waals surface area contributed by atoms with Gasteiger partial charge in [0, 0.05) is 49.1 Å². The molecule has 3 fully saturated rings. The molecule has 4 rings (SSSR count). The van der Waals surface area contributed by atoms with Crippen molar-refractivity contribution in [2.45, 2.75) is 63.1 Å². The van der Waals surface area contributed by atoms with Crippen molar-refractivity contribution in [3.63, 3.8) is 0 Å². The summed E-state index contributed by atoms with van der Waals surface area (Å²) in [5.74, 6) is 2.59.